The lowest BCUT2D eigenvalue weighted by molar-refractivity contribution is -0.139. The fourth-order valence-corrected chi connectivity index (χ4v) is 2.64. The van der Waals surface area contributed by atoms with E-state index in [1.807, 2.05) is 4.90 Å². The van der Waals surface area contributed by atoms with Crippen molar-refractivity contribution in [3.05, 3.63) is 41.8 Å². The molecule has 24 heavy (non-hydrogen) atoms. The summed E-state index contributed by atoms with van der Waals surface area (Å²) in [4.78, 5) is 10.2. The number of anilines is 1. The molecule has 0 amide bonds. The van der Waals surface area contributed by atoms with Crippen molar-refractivity contribution in [2.75, 3.05) is 18.0 Å². The monoisotopic (exact) mass is 341 g/mol. The fourth-order valence-electron chi connectivity index (χ4n) is 2.64. The van der Waals surface area contributed by atoms with Crippen molar-refractivity contribution in [2.45, 2.75) is 25.1 Å². The summed E-state index contributed by atoms with van der Waals surface area (Å²) in [5, 5.41) is 9.54. The Kier molecular flexibility index (Phi) is 4.40. The van der Waals surface area contributed by atoms with E-state index < -0.39 is 17.6 Å². The summed E-state index contributed by atoms with van der Waals surface area (Å²) in [7, 11) is 0. The maximum Gasteiger partial charge on any atom is 0.419 e. The standard InChI is InChI=1S/C16H15F4N3O/c17-13-2-1-10(9-12(13)16(18,19)20)15-21-6-3-14(22-15)23-7-4-11(24)5-8-23/h1-3,6,9,11,24H,4-5,7-8H2. The molecule has 0 spiro atoms. The minimum Gasteiger partial charge on any atom is -0.393 e. The zero-order valence-electron chi connectivity index (χ0n) is 12.6. The molecule has 1 aliphatic heterocycles. The second kappa shape index (κ2) is 6.35. The quantitative estimate of drug-likeness (QED) is 0.852. The molecule has 0 atom stereocenters. The molecule has 1 saturated heterocycles. The molecule has 128 valence electrons. The average Bonchev–Trinajstić information content (AvgIpc) is 2.55. The highest BCUT2D eigenvalue weighted by Gasteiger charge is 2.34. The summed E-state index contributed by atoms with van der Waals surface area (Å²) in [5.41, 5.74) is -1.24. The lowest BCUT2D eigenvalue weighted by atomic mass is 10.1. The van der Waals surface area contributed by atoms with Crippen LogP contribution in [-0.4, -0.2) is 34.3 Å². The van der Waals surface area contributed by atoms with Gasteiger partial charge in [0.25, 0.3) is 0 Å². The van der Waals surface area contributed by atoms with Crippen LogP contribution in [-0.2, 0) is 6.18 Å². The molecule has 2 aromatic rings. The molecular formula is C16H15F4N3O. The number of benzene rings is 1. The number of hydrogen-bond donors (Lipinski definition) is 1. The van der Waals surface area contributed by atoms with Gasteiger partial charge in [0, 0.05) is 24.8 Å². The Hall–Kier alpha value is -2.22. The summed E-state index contributed by atoms with van der Waals surface area (Å²) < 4.78 is 51.9. The van der Waals surface area contributed by atoms with Crippen LogP contribution in [0.25, 0.3) is 11.4 Å². The van der Waals surface area contributed by atoms with Gasteiger partial charge in [-0.25, -0.2) is 14.4 Å². The first-order valence-corrected chi connectivity index (χ1v) is 7.48. The van der Waals surface area contributed by atoms with Gasteiger partial charge in [-0.15, -0.1) is 0 Å². The van der Waals surface area contributed by atoms with Gasteiger partial charge >= 0.3 is 6.18 Å². The predicted molar refractivity (Wildman–Crippen MR) is 79.9 cm³/mol. The third-order valence-corrected chi connectivity index (χ3v) is 3.96. The largest absolute Gasteiger partial charge is 0.419 e. The Morgan fingerprint density at radius 1 is 1.12 bits per heavy atom. The second-order valence-corrected chi connectivity index (χ2v) is 5.65. The van der Waals surface area contributed by atoms with Gasteiger partial charge in [-0.05, 0) is 37.1 Å². The molecular weight excluding hydrogens is 326 g/mol. The van der Waals surface area contributed by atoms with Crippen molar-refractivity contribution >= 4 is 5.82 Å². The van der Waals surface area contributed by atoms with Crippen LogP contribution < -0.4 is 4.90 Å². The van der Waals surface area contributed by atoms with E-state index in [2.05, 4.69) is 9.97 Å². The Balaban J connectivity index is 1.92. The van der Waals surface area contributed by atoms with Crippen molar-refractivity contribution in [2.24, 2.45) is 0 Å². The topological polar surface area (TPSA) is 49.2 Å². The lowest BCUT2D eigenvalue weighted by Crippen LogP contribution is -2.36. The summed E-state index contributed by atoms with van der Waals surface area (Å²) in [5.74, 6) is -0.652. The van der Waals surface area contributed by atoms with Gasteiger partial charge in [-0.1, -0.05) is 0 Å². The number of halogens is 4. The third-order valence-electron chi connectivity index (χ3n) is 3.96. The molecule has 1 aliphatic rings. The Labute approximate surface area is 135 Å². The number of aliphatic hydroxyl groups excluding tert-OH is 1. The first kappa shape index (κ1) is 16.6. The SMILES string of the molecule is OC1CCN(c2ccnc(-c3ccc(F)c(C(F)(F)F)c3)n2)CC1. The van der Waals surface area contributed by atoms with Crippen LogP contribution in [0.2, 0.25) is 0 Å². The van der Waals surface area contributed by atoms with Gasteiger partial charge in [0.2, 0.25) is 0 Å². The first-order valence-electron chi connectivity index (χ1n) is 7.48. The molecule has 3 rings (SSSR count). The van der Waals surface area contributed by atoms with E-state index in [0.29, 0.717) is 37.8 Å². The highest BCUT2D eigenvalue weighted by atomic mass is 19.4. The molecule has 0 radical (unpaired) electrons. The number of alkyl halides is 3. The lowest BCUT2D eigenvalue weighted by Gasteiger charge is -2.30. The molecule has 0 aliphatic carbocycles. The van der Waals surface area contributed by atoms with Crippen LogP contribution in [0.3, 0.4) is 0 Å². The van der Waals surface area contributed by atoms with Crippen molar-refractivity contribution in [3.63, 3.8) is 0 Å². The maximum absolute atomic E-state index is 13.4. The number of aliphatic hydroxyl groups is 1. The molecule has 2 heterocycles. The first-order chi connectivity index (χ1) is 11.3. The van der Waals surface area contributed by atoms with E-state index in [4.69, 9.17) is 0 Å². The molecule has 4 nitrogen and oxygen atoms in total. The van der Waals surface area contributed by atoms with E-state index in [9.17, 15) is 22.7 Å². The van der Waals surface area contributed by atoms with Crippen LogP contribution in [0.5, 0.6) is 0 Å². The smallest absolute Gasteiger partial charge is 0.393 e. The van der Waals surface area contributed by atoms with Crippen molar-refractivity contribution < 1.29 is 22.7 Å². The van der Waals surface area contributed by atoms with Gasteiger partial charge in [-0.2, -0.15) is 13.2 Å². The van der Waals surface area contributed by atoms with E-state index in [1.54, 1.807) is 6.07 Å². The number of hydrogen-bond acceptors (Lipinski definition) is 4. The minimum atomic E-state index is -4.78. The van der Waals surface area contributed by atoms with Crippen LogP contribution in [0.1, 0.15) is 18.4 Å². The average molecular weight is 341 g/mol. The van der Waals surface area contributed by atoms with Gasteiger partial charge in [-0.3, -0.25) is 0 Å². The Bertz CT molecular complexity index is 728. The summed E-state index contributed by atoms with van der Waals surface area (Å²) in [6, 6.07) is 4.37. The van der Waals surface area contributed by atoms with Crippen LogP contribution in [0.15, 0.2) is 30.5 Å². The molecule has 1 N–H and O–H groups in total. The summed E-state index contributed by atoms with van der Waals surface area (Å²) >= 11 is 0. The molecule has 8 heteroatoms. The Morgan fingerprint density at radius 3 is 2.50 bits per heavy atom. The van der Waals surface area contributed by atoms with E-state index in [0.717, 1.165) is 6.07 Å². The predicted octanol–water partition coefficient (Wildman–Crippen LogP) is 3.26. The van der Waals surface area contributed by atoms with Gasteiger partial charge < -0.3 is 10.0 Å². The third kappa shape index (κ3) is 3.48. The number of nitrogens with zero attached hydrogens (tertiary/aromatic N) is 3. The van der Waals surface area contributed by atoms with Crippen LogP contribution in [0, 0.1) is 5.82 Å². The summed E-state index contributed by atoms with van der Waals surface area (Å²) in [6.45, 7) is 1.21. The zero-order chi connectivity index (χ0) is 17.3. The Morgan fingerprint density at radius 2 is 1.83 bits per heavy atom. The van der Waals surface area contributed by atoms with Crippen LogP contribution >= 0.6 is 0 Å². The number of piperidine rings is 1. The normalized spacial score (nSPS) is 16.5. The van der Waals surface area contributed by atoms with Crippen molar-refractivity contribution in [3.8, 4) is 11.4 Å². The van der Waals surface area contributed by atoms with E-state index in [-0.39, 0.29) is 17.5 Å². The second-order valence-electron chi connectivity index (χ2n) is 5.65. The van der Waals surface area contributed by atoms with E-state index in [1.165, 1.54) is 12.3 Å². The minimum absolute atomic E-state index is 0.0996. The highest BCUT2D eigenvalue weighted by Crippen LogP contribution is 2.33. The molecule has 1 aromatic heterocycles. The molecule has 1 fully saturated rings. The van der Waals surface area contributed by atoms with E-state index >= 15 is 0 Å². The maximum atomic E-state index is 13.4. The zero-order valence-corrected chi connectivity index (χ0v) is 12.6. The van der Waals surface area contributed by atoms with Crippen LogP contribution in [0.4, 0.5) is 23.4 Å². The van der Waals surface area contributed by atoms with Crippen molar-refractivity contribution in [1.82, 2.24) is 9.97 Å². The molecule has 0 saturated carbocycles. The number of aromatic nitrogens is 2. The number of rotatable bonds is 2. The molecule has 1 aromatic carbocycles. The van der Waals surface area contributed by atoms with Gasteiger partial charge in [0.05, 0.1) is 11.7 Å². The van der Waals surface area contributed by atoms with Gasteiger partial charge in [0.15, 0.2) is 5.82 Å². The van der Waals surface area contributed by atoms with Crippen molar-refractivity contribution in [1.29, 1.82) is 0 Å². The highest BCUT2D eigenvalue weighted by molar-refractivity contribution is 5.59. The molecule has 0 bridgehead atoms. The molecule has 0 unspecified atom stereocenters. The van der Waals surface area contributed by atoms with Gasteiger partial charge in [0.1, 0.15) is 11.6 Å². The summed E-state index contributed by atoms with van der Waals surface area (Å²) in [6.07, 6.45) is -2.45. The fraction of sp³-hybridized carbons (Fsp3) is 0.375.